The number of aromatic nitrogens is 1. The van der Waals surface area contributed by atoms with E-state index in [0.29, 0.717) is 5.69 Å². The molecule has 5 nitrogen and oxygen atoms in total. The fourth-order valence-electron chi connectivity index (χ4n) is 1.60. The molecule has 0 amide bonds. The molecular weight excluding hydrogens is 331 g/mol. The summed E-state index contributed by atoms with van der Waals surface area (Å²) in [6.45, 7) is 0. The van der Waals surface area contributed by atoms with Crippen LogP contribution in [0.25, 0.3) is 0 Å². The fraction of sp³-hybridized carbons (Fsp3) is 0.0714. The van der Waals surface area contributed by atoms with Gasteiger partial charge in [-0.25, -0.2) is 4.99 Å². The Balaban J connectivity index is 0.00000264. The summed E-state index contributed by atoms with van der Waals surface area (Å²) in [6.07, 6.45) is -2.92. The smallest absolute Gasteiger partial charge is 0.382 e. The lowest BCUT2D eigenvalue weighted by molar-refractivity contribution is -0.137. The van der Waals surface area contributed by atoms with Crippen LogP contribution in [0.2, 0.25) is 0 Å². The van der Waals surface area contributed by atoms with Gasteiger partial charge >= 0.3 is 6.18 Å². The molecule has 2 aromatic rings. The number of benzene rings is 1. The number of hydrogen-bond donors (Lipinski definition) is 2. The van der Waals surface area contributed by atoms with Crippen molar-refractivity contribution in [1.29, 1.82) is 0 Å². The maximum atomic E-state index is 12.6. The van der Waals surface area contributed by atoms with Gasteiger partial charge in [-0.05, 0) is 30.3 Å². The van der Waals surface area contributed by atoms with Crippen LogP contribution >= 0.6 is 12.4 Å². The number of halogens is 4. The highest BCUT2D eigenvalue weighted by Gasteiger charge is 2.30. The number of hydrogen-bond acceptors (Lipinski definition) is 2. The minimum atomic E-state index is -4.45. The second-order valence-electron chi connectivity index (χ2n) is 4.23. The molecule has 1 heterocycles. The first-order valence-electron chi connectivity index (χ1n) is 6.13. The van der Waals surface area contributed by atoms with Gasteiger partial charge in [0.05, 0.1) is 11.3 Å². The third kappa shape index (κ3) is 5.26. The maximum absolute atomic E-state index is 12.6. The van der Waals surface area contributed by atoms with Gasteiger partial charge in [-0.15, -0.1) is 12.4 Å². The Bertz CT molecular complexity index is 714. The van der Waals surface area contributed by atoms with Gasteiger partial charge in [0.2, 0.25) is 5.96 Å². The van der Waals surface area contributed by atoms with Crippen LogP contribution in [-0.2, 0) is 6.18 Å². The zero-order valence-corrected chi connectivity index (χ0v) is 12.5. The molecule has 0 fully saturated rings. The predicted molar refractivity (Wildman–Crippen MR) is 84.9 cm³/mol. The molecular formula is C14H13ClF3N5. The average molecular weight is 344 g/mol. The first kappa shape index (κ1) is 18.4. The van der Waals surface area contributed by atoms with Crippen molar-refractivity contribution < 1.29 is 13.2 Å². The lowest BCUT2D eigenvalue weighted by atomic mass is 10.2. The lowest BCUT2D eigenvalue weighted by Crippen LogP contribution is -2.20. The molecule has 0 atom stereocenters. The number of amidine groups is 1. The number of aliphatic imine (C=N–C) groups is 2. The summed E-state index contributed by atoms with van der Waals surface area (Å²) in [5.41, 5.74) is 10.9. The molecule has 0 spiro atoms. The Morgan fingerprint density at radius 3 is 2.39 bits per heavy atom. The molecule has 9 heteroatoms. The molecule has 0 saturated carbocycles. The Labute approximate surface area is 136 Å². The quantitative estimate of drug-likeness (QED) is 0.649. The fourth-order valence-corrected chi connectivity index (χ4v) is 1.60. The Morgan fingerprint density at radius 1 is 1.04 bits per heavy atom. The largest absolute Gasteiger partial charge is 0.416 e. The summed E-state index contributed by atoms with van der Waals surface area (Å²) in [6, 6.07) is 9.48. The predicted octanol–water partition coefficient (Wildman–Crippen LogP) is 2.87. The van der Waals surface area contributed by atoms with E-state index in [9.17, 15) is 13.2 Å². The van der Waals surface area contributed by atoms with Crippen LogP contribution < -0.4 is 11.5 Å². The number of alkyl halides is 3. The normalized spacial score (nSPS) is 12.7. The third-order valence-electron chi connectivity index (χ3n) is 2.58. The molecule has 1 aromatic heterocycles. The second-order valence-corrected chi connectivity index (χ2v) is 4.23. The zero-order valence-electron chi connectivity index (χ0n) is 11.7. The van der Waals surface area contributed by atoms with Crippen LogP contribution in [0.5, 0.6) is 0 Å². The van der Waals surface area contributed by atoms with Gasteiger partial charge in [0.1, 0.15) is 5.69 Å². The Morgan fingerprint density at radius 2 is 1.78 bits per heavy atom. The van der Waals surface area contributed by atoms with E-state index in [0.717, 1.165) is 12.1 Å². The Hall–Kier alpha value is -2.61. The summed E-state index contributed by atoms with van der Waals surface area (Å²) in [5.74, 6) is -0.240. The van der Waals surface area contributed by atoms with E-state index in [1.165, 1.54) is 18.3 Å². The van der Waals surface area contributed by atoms with Crippen molar-refractivity contribution in [3.8, 4) is 0 Å². The average Bonchev–Trinajstić information content (AvgIpc) is 2.47. The van der Waals surface area contributed by atoms with Crippen LogP contribution in [0.4, 0.5) is 18.9 Å². The van der Waals surface area contributed by atoms with Crippen LogP contribution in [0.1, 0.15) is 11.3 Å². The summed E-state index contributed by atoms with van der Waals surface area (Å²) < 4.78 is 37.8. The number of nitrogens with zero attached hydrogens (tertiary/aromatic N) is 3. The van der Waals surface area contributed by atoms with E-state index in [1.807, 2.05) is 0 Å². The molecule has 1 aromatic carbocycles. The monoisotopic (exact) mass is 343 g/mol. The number of nitrogens with two attached hydrogens (primary N) is 2. The van der Waals surface area contributed by atoms with Crippen molar-refractivity contribution in [3.05, 3.63) is 59.9 Å². The van der Waals surface area contributed by atoms with Crippen molar-refractivity contribution in [2.24, 2.45) is 21.5 Å². The second kappa shape index (κ2) is 7.59. The van der Waals surface area contributed by atoms with E-state index in [1.54, 1.807) is 18.2 Å². The topological polar surface area (TPSA) is 89.6 Å². The zero-order chi connectivity index (χ0) is 16.2. The highest BCUT2D eigenvalue weighted by Crippen LogP contribution is 2.31. The molecule has 0 aliphatic heterocycles. The van der Waals surface area contributed by atoms with Crippen molar-refractivity contribution in [3.63, 3.8) is 0 Å². The molecule has 0 aliphatic carbocycles. The highest BCUT2D eigenvalue weighted by molar-refractivity contribution is 6.03. The molecule has 4 N–H and O–H groups in total. The van der Waals surface area contributed by atoms with Gasteiger partial charge in [0, 0.05) is 6.20 Å². The standard InChI is InChI=1S/C14H12F3N5.ClH/c15-14(16,17)9-4-3-5-10(8-9)21-13(19)22-12(18)11-6-1-2-7-20-11;/h1-8H,(H4,18,19,21,22);1H. The van der Waals surface area contributed by atoms with Gasteiger partial charge < -0.3 is 11.5 Å². The molecule has 2 rings (SSSR count). The highest BCUT2D eigenvalue weighted by atomic mass is 35.5. The first-order chi connectivity index (χ1) is 10.4. The van der Waals surface area contributed by atoms with Gasteiger partial charge in [-0.3, -0.25) is 4.98 Å². The molecule has 122 valence electrons. The molecule has 0 aliphatic rings. The van der Waals surface area contributed by atoms with Crippen molar-refractivity contribution >= 4 is 29.9 Å². The van der Waals surface area contributed by atoms with Crippen LogP contribution in [0, 0.1) is 0 Å². The molecule has 0 saturated heterocycles. The summed E-state index contributed by atoms with van der Waals surface area (Å²) >= 11 is 0. The summed E-state index contributed by atoms with van der Waals surface area (Å²) in [4.78, 5) is 11.6. The molecule has 23 heavy (non-hydrogen) atoms. The van der Waals surface area contributed by atoms with Crippen molar-refractivity contribution in [2.45, 2.75) is 6.18 Å². The molecule has 0 radical (unpaired) electrons. The SMILES string of the molecule is Cl.NC(=Nc1cccc(C(F)(F)F)c1)N=C(N)c1ccccn1. The van der Waals surface area contributed by atoms with Gasteiger partial charge in [0.25, 0.3) is 0 Å². The lowest BCUT2D eigenvalue weighted by Gasteiger charge is -2.06. The number of rotatable bonds is 2. The third-order valence-corrected chi connectivity index (χ3v) is 2.58. The number of guanidine groups is 1. The van der Waals surface area contributed by atoms with Crippen LogP contribution in [-0.4, -0.2) is 16.8 Å². The van der Waals surface area contributed by atoms with Crippen LogP contribution in [0.3, 0.4) is 0 Å². The van der Waals surface area contributed by atoms with Crippen molar-refractivity contribution in [2.75, 3.05) is 0 Å². The van der Waals surface area contributed by atoms with E-state index in [2.05, 4.69) is 15.0 Å². The minimum absolute atomic E-state index is 0. The summed E-state index contributed by atoms with van der Waals surface area (Å²) in [5, 5.41) is 0. The van der Waals surface area contributed by atoms with Crippen molar-refractivity contribution in [1.82, 2.24) is 4.98 Å². The van der Waals surface area contributed by atoms with E-state index in [-0.39, 0.29) is 29.9 Å². The van der Waals surface area contributed by atoms with Gasteiger partial charge in [0.15, 0.2) is 5.84 Å². The van der Waals surface area contributed by atoms with E-state index < -0.39 is 11.7 Å². The minimum Gasteiger partial charge on any atom is -0.382 e. The van der Waals surface area contributed by atoms with E-state index >= 15 is 0 Å². The molecule has 0 bridgehead atoms. The first-order valence-corrected chi connectivity index (χ1v) is 6.13. The number of pyridine rings is 1. The summed E-state index contributed by atoms with van der Waals surface area (Å²) in [7, 11) is 0. The van der Waals surface area contributed by atoms with E-state index in [4.69, 9.17) is 11.5 Å². The Kier molecular flexibility index (Phi) is 6.09. The molecule has 0 unspecified atom stereocenters. The maximum Gasteiger partial charge on any atom is 0.416 e. The van der Waals surface area contributed by atoms with Gasteiger partial charge in [-0.2, -0.15) is 18.2 Å². The van der Waals surface area contributed by atoms with Crippen LogP contribution in [0.15, 0.2) is 58.6 Å². The van der Waals surface area contributed by atoms with Gasteiger partial charge in [-0.1, -0.05) is 12.1 Å².